The first-order chi connectivity index (χ1) is 13.8. The SMILES string of the molecule is CCN(CC)c1ccc(/C=C/C2=[PH](CCN)c3ccccc3S2)c2nonc12. The Morgan fingerprint density at radius 2 is 1.86 bits per heavy atom. The summed E-state index contributed by atoms with van der Waals surface area (Å²) in [4.78, 5) is 3.63. The Labute approximate surface area is 170 Å². The molecular weight excluding hydrogens is 387 g/mol. The summed E-state index contributed by atoms with van der Waals surface area (Å²) in [5.41, 5.74) is 9.65. The van der Waals surface area contributed by atoms with Gasteiger partial charge in [0.05, 0.1) is 5.69 Å². The molecule has 3 aromatic rings. The van der Waals surface area contributed by atoms with E-state index in [4.69, 9.17) is 10.4 Å². The van der Waals surface area contributed by atoms with Gasteiger partial charge in [-0.3, -0.25) is 0 Å². The first-order valence-electron chi connectivity index (χ1n) is 9.65. The van der Waals surface area contributed by atoms with E-state index in [1.165, 1.54) is 14.8 Å². The maximum absolute atomic E-state index is 5.91. The molecule has 1 atom stereocenters. The highest BCUT2D eigenvalue weighted by molar-refractivity contribution is 8.23. The fourth-order valence-electron chi connectivity index (χ4n) is 3.65. The van der Waals surface area contributed by atoms with Gasteiger partial charge in [-0.2, -0.15) is 0 Å². The number of anilines is 1. The monoisotopic (exact) mass is 412 g/mol. The van der Waals surface area contributed by atoms with Crippen LogP contribution in [-0.2, 0) is 0 Å². The smallest absolute Gasteiger partial charge is 0.159 e. The van der Waals surface area contributed by atoms with Gasteiger partial charge in [0.1, 0.15) is 5.52 Å². The van der Waals surface area contributed by atoms with Crippen molar-refractivity contribution in [2.75, 3.05) is 30.7 Å². The van der Waals surface area contributed by atoms with Crippen molar-refractivity contribution < 1.29 is 4.63 Å². The number of rotatable bonds is 7. The molecule has 28 heavy (non-hydrogen) atoms. The molecule has 2 N–H and O–H groups in total. The summed E-state index contributed by atoms with van der Waals surface area (Å²) in [6, 6.07) is 12.9. The molecule has 146 valence electrons. The molecular formula is C21H25N4OPS. The number of nitrogens with zero attached hydrogens (tertiary/aromatic N) is 3. The second-order valence-electron chi connectivity index (χ2n) is 6.62. The van der Waals surface area contributed by atoms with E-state index in [0.29, 0.717) is 0 Å². The van der Waals surface area contributed by atoms with E-state index in [-0.39, 0.29) is 0 Å². The van der Waals surface area contributed by atoms with Crippen molar-refractivity contribution in [1.29, 1.82) is 0 Å². The molecule has 0 spiro atoms. The highest BCUT2D eigenvalue weighted by Gasteiger charge is 2.19. The number of benzene rings is 2. The van der Waals surface area contributed by atoms with E-state index in [9.17, 15) is 0 Å². The first-order valence-corrected chi connectivity index (χ1v) is 12.2. The number of hydrogen-bond acceptors (Lipinski definition) is 6. The van der Waals surface area contributed by atoms with Crippen LogP contribution in [0.2, 0.25) is 0 Å². The van der Waals surface area contributed by atoms with Gasteiger partial charge in [0.15, 0.2) is 5.52 Å². The van der Waals surface area contributed by atoms with Gasteiger partial charge < -0.3 is 10.6 Å². The van der Waals surface area contributed by atoms with E-state index in [1.807, 2.05) is 11.8 Å². The topological polar surface area (TPSA) is 68.2 Å². The van der Waals surface area contributed by atoms with E-state index in [1.54, 1.807) is 0 Å². The summed E-state index contributed by atoms with van der Waals surface area (Å²) in [6.45, 7) is 6.85. The van der Waals surface area contributed by atoms with Crippen LogP contribution in [0.1, 0.15) is 19.4 Å². The zero-order valence-electron chi connectivity index (χ0n) is 16.2. The van der Waals surface area contributed by atoms with Gasteiger partial charge in [-0.1, -0.05) is 49.6 Å². The maximum Gasteiger partial charge on any atom is 0.159 e. The van der Waals surface area contributed by atoms with Gasteiger partial charge >= 0.3 is 0 Å². The minimum absolute atomic E-state index is 0.719. The van der Waals surface area contributed by atoms with Gasteiger partial charge in [-0.15, -0.1) is 0 Å². The maximum atomic E-state index is 5.91. The van der Waals surface area contributed by atoms with E-state index in [0.717, 1.165) is 48.1 Å². The molecule has 0 aliphatic carbocycles. The van der Waals surface area contributed by atoms with Crippen LogP contribution >= 0.6 is 19.3 Å². The summed E-state index contributed by atoms with van der Waals surface area (Å²) < 4.78 is 6.51. The average molecular weight is 412 g/mol. The first kappa shape index (κ1) is 19.3. The highest BCUT2D eigenvalue weighted by Crippen LogP contribution is 2.42. The average Bonchev–Trinajstić information content (AvgIpc) is 3.34. The van der Waals surface area contributed by atoms with Crippen LogP contribution < -0.4 is 15.9 Å². The van der Waals surface area contributed by atoms with Crippen LogP contribution in [0.5, 0.6) is 0 Å². The number of aromatic nitrogens is 2. The molecule has 0 saturated carbocycles. The summed E-state index contributed by atoms with van der Waals surface area (Å²) in [7, 11) is -0.796. The molecule has 0 bridgehead atoms. The largest absolute Gasteiger partial charge is 0.370 e. The lowest BCUT2D eigenvalue weighted by Crippen LogP contribution is -2.22. The van der Waals surface area contributed by atoms with Crippen LogP contribution in [-0.4, -0.2) is 40.7 Å². The van der Waals surface area contributed by atoms with Crippen molar-refractivity contribution in [2.24, 2.45) is 5.73 Å². The van der Waals surface area contributed by atoms with Crippen molar-refractivity contribution >= 4 is 52.0 Å². The molecule has 0 amide bonds. The third-order valence-corrected chi connectivity index (χ3v) is 9.86. The molecule has 2 aromatic carbocycles. The minimum Gasteiger partial charge on any atom is -0.370 e. The Morgan fingerprint density at radius 3 is 2.64 bits per heavy atom. The van der Waals surface area contributed by atoms with Crippen LogP contribution in [0.3, 0.4) is 0 Å². The zero-order valence-corrected chi connectivity index (χ0v) is 18.0. The van der Waals surface area contributed by atoms with Crippen molar-refractivity contribution in [3.63, 3.8) is 0 Å². The van der Waals surface area contributed by atoms with Gasteiger partial charge in [0.2, 0.25) is 0 Å². The number of fused-ring (bicyclic) bond motifs is 2. The van der Waals surface area contributed by atoms with Crippen molar-refractivity contribution in [2.45, 2.75) is 18.7 Å². The summed E-state index contributed by atoms with van der Waals surface area (Å²) in [5, 5.41) is 9.83. The third kappa shape index (κ3) is 3.52. The van der Waals surface area contributed by atoms with Crippen molar-refractivity contribution in [1.82, 2.24) is 10.3 Å². The molecule has 0 saturated heterocycles. The molecule has 1 unspecified atom stereocenters. The lowest BCUT2D eigenvalue weighted by atomic mass is 10.1. The molecule has 4 rings (SSSR count). The van der Waals surface area contributed by atoms with Gasteiger partial charge in [-0.25, -0.2) is 4.63 Å². The van der Waals surface area contributed by atoms with Gasteiger partial charge in [0.25, 0.3) is 0 Å². The Morgan fingerprint density at radius 1 is 1.07 bits per heavy atom. The number of thioether (sulfide) groups is 1. The fourth-order valence-corrected chi connectivity index (χ4v) is 8.36. The van der Waals surface area contributed by atoms with Crippen LogP contribution in [0.15, 0.2) is 52.0 Å². The minimum atomic E-state index is -0.796. The predicted molar refractivity (Wildman–Crippen MR) is 124 cm³/mol. The normalized spacial score (nSPS) is 16.2. The molecule has 5 nitrogen and oxygen atoms in total. The molecule has 1 aliphatic rings. The van der Waals surface area contributed by atoms with Crippen molar-refractivity contribution in [3.05, 3.63) is 48.0 Å². The molecule has 7 heteroatoms. The second-order valence-corrected chi connectivity index (χ2v) is 10.6. The van der Waals surface area contributed by atoms with E-state index >= 15 is 0 Å². The molecule has 1 aliphatic heterocycles. The standard InChI is InChI=1S/C21H25N4OPS/c1-3-25(4-2)16-11-9-15(20-21(16)24-26-23-20)10-12-19-27(14-13-22)17-7-5-6-8-18(17)28-19/h5-12,27H,3-4,13-14,22H2,1-2H3/b12-10+. The summed E-state index contributed by atoms with van der Waals surface area (Å²) >= 11 is 1.88. The Kier molecular flexibility index (Phi) is 5.90. The van der Waals surface area contributed by atoms with Gasteiger partial charge in [-0.05, 0) is 60.4 Å². The van der Waals surface area contributed by atoms with Crippen molar-refractivity contribution in [3.8, 4) is 0 Å². The molecule has 1 aromatic heterocycles. The Hall–Kier alpha value is -2.01. The third-order valence-electron chi connectivity index (χ3n) is 5.07. The highest BCUT2D eigenvalue weighted by atomic mass is 32.2. The zero-order chi connectivity index (χ0) is 19.5. The fraction of sp³-hybridized carbons (Fsp3) is 0.286. The van der Waals surface area contributed by atoms with E-state index < -0.39 is 7.55 Å². The Bertz CT molecular complexity index is 1060. The van der Waals surface area contributed by atoms with Crippen LogP contribution in [0, 0.1) is 0 Å². The second kappa shape index (κ2) is 8.56. The molecule has 0 radical (unpaired) electrons. The van der Waals surface area contributed by atoms with Crippen LogP contribution in [0.25, 0.3) is 17.1 Å². The molecule has 0 fully saturated rings. The lowest BCUT2D eigenvalue weighted by Gasteiger charge is -2.20. The summed E-state index contributed by atoms with van der Waals surface area (Å²) in [5.74, 6) is 0. The van der Waals surface area contributed by atoms with Crippen LogP contribution in [0.4, 0.5) is 5.69 Å². The summed E-state index contributed by atoms with van der Waals surface area (Å²) in [6.07, 6.45) is 5.44. The predicted octanol–water partition coefficient (Wildman–Crippen LogP) is 3.82. The number of nitrogens with two attached hydrogens (primary N) is 1. The lowest BCUT2D eigenvalue weighted by molar-refractivity contribution is 0.315. The Balaban J connectivity index is 1.71. The van der Waals surface area contributed by atoms with Gasteiger partial charge in [0, 0.05) is 28.2 Å². The van der Waals surface area contributed by atoms with E-state index in [2.05, 4.69) is 77.6 Å². The number of hydrogen-bond donors (Lipinski definition) is 1. The quantitative estimate of drug-likeness (QED) is 0.595. The molecule has 2 heterocycles.